The van der Waals surface area contributed by atoms with Crippen LogP contribution in [0.2, 0.25) is 0 Å². The van der Waals surface area contributed by atoms with Gasteiger partial charge in [-0.25, -0.2) is 0 Å². The molecule has 1 saturated heterocycles. The van der Waals surface area contributed by atoms with Gasteiger partial charge in [-0.2, -0.15) is 0 Å². The summed E-state index contributed by atoms with van der Waals surface area (Å²) < 4.78 is 11.3. The minimum atomic E-state index is 0.178. The Morgan fingerprint density at radius 2 is 1.74 bits per heavy atom. The first-order valence-corrected chi connectivity index (χ1v) is 11.2. The van der Waals surface area contributed by atoms with Gasteiger partial charge >= 0.3 is 0 Å². The van der Waals surface area contributed by atoms with E-state index in [0.29, 0.717) is 32.8 Å². The minimum absolute atomic E-state index is 0.178. The Bertz CT molecular complexity index is 922. The summed E-state index contributed by atoms with van der Waals surface area (Å²) in [6.45, 7) is 13.0. The van der Waals surface area contributed by atoms with Gasteiger partial charge in [-0.05, 0) is 55.7 Å². The Labute approximate surface area is 185 Å². The number of amides is 1. The number of benzene rings is 2. The highest BCUT2D eigenvalue weighted by Crippen LogP contribution is 2.31. The van der Waals surface area contributed by atoms with E-state index in [4.69, 9.17) is 9.47 Å². The number of fused-ring (bicyclic) bond motifs is 1. The van der Waals surface area contributed by atoms with Crippen molar-refractivity contribution < 1.29 is 14.3 Å². The minimum Gasteiger partial charge on any atom is -0.486 e. The quantitative estimate of drug-likeness (QED) is 0.714. The van der Waals surface area contributed by atoms with Gasteiger partial charge in [0.2, 0.25) is 5.91 Å². The number of ether oxygens (including phenoxy) is 2. The molecule has 6 heteroatoms. The molecule has 0 saturated carbocycles. The van der Waals surface area contributed by atoms with E-state index in [9.17, 15) is 4.79 Å². The highest BCUT2D eigenvalue weighted by Gasteiger charge is 2.23. The largest absolute Gasteiger partial charge is 0.486 e. The molecule has 0 aromatic heterocycles. The van der Waals surface area contributed by atoms with Gasteiger partial charge in [-0.15, -0.1) is 0 Å². The third-order valence-corrected chi connectivity index (χ3v) is 6.36. The lowest BCUT2D eigenvalue weighted by Crippen LogP contribution is -2.50. The molecule has 0 radical (unpaired) electrons. The molecule has 166 valence electrons. The Kier molecular flexibility index (Phi) is 6.66. The number of rotatable bonds is 6. The molecular weight excluding hydrogens is 390 g/mol. The van der Waals surface area contributed by atoms with Crippen molar-refractivity contribution in [1.29, 1.82) is 0 Å². The predicted molar refractivity (Wildman–Crippen MR) is 123 cm³/mol. The summed E-state index contributed by atoms with van der Waals surface area (Å²) in [6, 6.07) is 12.4. The molecule has 2 aromatic carbocycles. The molecule has 1 fully saturated rings. The van der Waals surface area contributed by atoms with Gasteiger partial charge in [-0.1, -0.05) is 18.2 Å². The third kappa shape index (κ3) is 4.96. The van der Waals surface area contributed by atoms with E-state index >= 15 is 0 Å². The van der Waals surface area contributed by atoms with Crippen LogP contribution in [0.1, 0.15) is 23.6 Å². The van der Waals surface area contributed by atoms with Crippen molar-refractivity contribution in [3.8, 4) is 11.5 Å². The number of anilines is 1. The molecule has 2 aliphatic rings. The summed E-state index contributed by atoms with van der Waals surface area (Å²) in [5.41, 5.74) is 5.07. The maximum absolute atomic E-state index is 13.0. The topological polar surface area (TPSA) is 45.3 Å². The molecule has 2 heterocycles. The number of aryl methyl sites for hydroxylation is 1. The first-order valence-electron chi connectivity index (χ1n) is 11.2. The Morgan fingerprint density at radius 3 is 2.48 bits per heavy atom. The highest BCUT2D eigenvalue weighted by atomic mass is 16.6. The van der Waals surface area contributed by atoms with E-state index in [1.165, 1.54) is 16.8 Å². The first kappa shape index (κ1) is 21.5. The normalized spacial score (nSPS) is 16.3. The van der Waals surface area contributed by atoms with E-state index in [0.717, 1.165) is 43.2 Å². The molecular formula is C25H33N3O3. The zero-order chi connectivity index (χ0) is 21.8. The molecule has 31 heavy (non-hydrogen) atoms. The molecule has 4 rings (SSSR count). The summed E-state index contributed by atoms with van der Waals surface area (Å²) in [5, 5.41) is 0. The van der Waals surface area contributed by atoms with Crippen LogP contribution >= 0.6 is 0 Å². The van der Waals surface area contributed by atoms with Gasteiger partial charge in [0.25, 0.3) is 0 Å². The average Bonchev–Trinajstić information content (AvgIpc) is 2.79. The van der Waals surface area contributed by atoms with Gasteiger partial charge in [0.15, 0.2) is 11.5 Å². The van der Waals surface area contributed by atoms with Crippen molar-refractivity contribution >= 4 is 11.6 Å². The van der Waals surface area contributed by atoms with Crippen molar-refractivity contribution in [2.24, 2.45) is 0 Å². The predicted octanol–water partition coefficient (Wildman–Crippen LogP) is 3.25. The van der Waals surface area contributed by atoms with Gasteiger partial charge in [0.05, 0.1) is 6.54 Å². The van der Waals surface area contributed by atoms with Crippen LogP contribution in [-0.2, 0) is 11.3 Å². The molecule has 1 amide bonds. The highest BCUT2D eigenvalue weighted by molar-refractivity contribution is 5.78. The lowest BCUT2D eigenvalue weighted by atomic mass is 10.1. The fourth-order valence-corrected chi connectivity index (χ4v) is 4.30. The summed E-state index contributed by atoms with van der Waals surface area (Å²) >= 11 is 0. The van der Waals surface area contributed by atoms with Crippen LogP contribution in [-0.4, -0.2) is 68.2 Å². The van der Waals surface area contributed by atoms with Crippen LogP contribution < -0.4 is 14.4 Å². The van der Waals surface area contributed by atoms with Gasteiger partial charge in [0.1, 0.15) is 13.2 Å². The number of carbonyl (C=O) groups excluding carboxylic acids is 1. The Morgan fingerprint density at radius 1 is 1.00 bits per heavy atom. The van der Waals surface area contributed by atoms with Gasteiger partial charge in [-0.3, -0.25) is 9.69 Å². The van der Waals surface area contributed by atoms with Crippen LogP contribution in [0.4, 0.5) is 5.69 Å². The molecule has 0 aliphatic carbocycles. The number of piperazine rings is 1. The standard InChI is InChI=1S/C25H33N3O3/c1-4-27(17-21-8-9-23-24(16-21)31-15-14-30-23)25(29)18-26-10-12-28(13-11-26)22-7-5-6-19(2)20(22)3/h5-9,16H,4,10-15,17-18H2,1-3H3. The van der Waals surface area contributed by atoms with E-state index in [2.05, 4.69) is 41.8 Å². The van der Waals surface area contributed by atoms with Gasteiger partial charge in [0, 0.05) is 45.0 Å². The van der Waals surface area contributed by atoms with E-state index in [-0.39, 0.29) is 5.91 Å². The third-order valence-electron chi connectivity index (χ3n) is 6.36. The smallest absolute Gasteiger partial charge is 0.237 e. The van der Waals surface area contributed by atoms with E-state index in [1.54, 1.807) is 0 Å². The lowest BCUT2D eigenvalue weighted by molar-refractivity contribution is -0.132. The van der Waals surface area contributed by atoms with E-state index < -0.39 is 0 Å². The second kappa shape index (κ2) is 9.60. The molecule has 0 atom stereocenters. The number of nitrogens with zero attached hydrogens (tertiary/aromatic N) is 3. The summed E-state index contributed by atoms with van der Waals surface area (Å²) in [6.07, 6.45) is 0. The van der Waals surface area contributed by atoms with Crippen LogP contribution in [0.3, 0.4) is 0 Å². The van der Waals surface area contributed by atoms with Crippen LogP contribution in [0.25, 0.3) is 0 Å². The maximum Gasteiger partial charge on any atom is 0.237 e. The lowest BCUT2D eigenvalue weighted by Gasteiger charge is -2.37. The number of hydrogen-bond donors (Lipinski definition) is 0. The van der Waals surface area contributed by atoms with Crippen molar-refractivity contribution in [1.82, 2.24) is 9.80 Å². The van der Waals surface area contributed by atoms with E-state index in [1.807, 2.05) is 30.0 Å². The monoisotopic (exact) mass is 423 g/mol. The molecule has 2 aliphatic heterocycles. The van der Waals surface area contributed by atoms with Crippen LogP contribution in [0, 0.1) is 13.8 Å². The van der Waals surface area contributed by atoms with Gasteiger partial charge < -0.3 is 19.3 Å². The Balaban J connectivity index is 1.32. The van der Waals surface area contributed by atoms with Crippen LogP contribution in [0.15, 0.2) is 36.4 Å². The number of likely N-dealkylation sites (N-methyl/N-ethyl adjacent to an activating group) is 1. The molecule has 0 bridgehead atoms. The number of carbonyl (C=O) groups is 1. The zero-order valence-electron chi connectivity index (χ0n) is 18.9. The van der Waals surface area contributed by atoms with Crippen molar-refractivity contribution in [3.63, 3.8) is 0 Å². The molecule has 0 spiro atoms. The Hall–Kier alpha value is -2.73. The fraction of sp³-hybridized carbons (Fsp3) is 0.480. The number of hydrogen-bond acceptors (Lipinski definition) is 5. The summed E-state index contributed by atoms with van der Waals surface area (Å²) in [5.74, 6) is 1.73. The molecule has 6 nitrogen and oxygen atoms in total. The van der Waals surface area contributed by atoms with Crippen molar-refractivity contribution in [2.45, 2.75) is 27.3 Å². The molecule has 0 N–H and O–H groups in total. The van der Waals surface area contributed by atoms with Crippen LogP contribution in [0.5, 0.6) is 11.5 Å². The SMILES string of the molecule is CCN(Cc1ccc2c(c1)OCCO2)C(=O)CN1CCN(c2cccc(C)c2C)CC1. The first-order chi connectivity index (χ1) is 15.0. The van der Waals surface area contributed by atoms with Crippen molar-refractivity contribution in [3.05, 3.63) is 53.1 Å². The zero-order valence-corrected chi connectivity index (χ0v) is 18.9. The average molecular weight is 424 g/mol. The molecule has 0 unspecified atom stereocenters. The second-order valence-electron chi connectivity index (χ2n) is 8.37. The van der Waals surface area contributed by atoms with Crippen molar-refractivity contribution in [2.75, 3.05) is 57.4 Å². The molecule has 2 aromatic rings. The summed E-state index contributed by atoms with van der Waals surface area (Å²) in [7, 11) is 0. The fourth-order valence-electron chi connectivity index (χ4n) is 4.30. The summed E-state index contributed by atoms with van der Waals surface area (Å²) in [4.78, 5) is 19.6. The maximum atomic E-state index is 13.0. The second-order valence-corrected chi connectivity index (χ2v) is 8.37.